The van der Waals surface area contributed by atoms with Crippen LogP contribution in [0.25, 0.3) is 38.7 Å². The maximum Gasteiger partial charge on any atom is 0.355 e. The summed E-state index contributed by atoms with van der Waals surface area (Å²) in [4.78, 5) is 26.2. The second-order valence-electron chi connectivity index (χ2n) is 9.50. The summed E-state index contributed by atoms with van der Waals surface area (Å²) in [6.07, 6.45) is 5.67. The Balaban J connectivity index is 1.97. The van der Waals surface area contributed by atoms with E-state index < -0.39 is 0 Å². The third kappa shape index (κ3) is 3.77. The Bertz CT molecular complexity index is 1650. The first-order valence-electron chi connectivity index (χ1n) is 12.5. The summed E-state index contributed by atoms with van der Waals surface area (Å²) in [5, 5.41) is 0.906. The molecule has 36 heavy (non-hydrogen) atoms. The van der Waals surface area contributed by atoms with Gasteiger partial charge < -0.3 is 14.1 Å². The fourth-order valence-electron chi connectivity index (χ4n) is 5.20. The van der Waals surface area contributed by atoms with E-state index in [-0.39, 0.29) is 5.97 Å². The Morgan fingerprint density at radius 1 is 0.833 bits per heavy atom. The van der Waals surface area contributed by atoms with Crippen LogP contribution in [-0.4, -0.2) is 32.4 Å². The maximum atomic E-state index is 12.6. The number of rotatable bonds is 3. The van der Waals surface area contributed by atoms with E-state index in [9.17, 15) is 4.79 Å². The van der Waals surface area contributed by atoms with Gasteiger partial charge in [0.2, 0.25) is 0 Å². The minimum absolute atomic E-state index is 0.390. The van der Waals surface area contributed by atoms with Crippen LogP contribution >= 0.6 is 0 Å². The quantitative estimate of drug-likeness (QED) is 0.408. The third-order valence-electron chi connectivity index (χ3n) is 7.51. The lowest BCUT2D eigenvalue weighted by atomic mass is 10.0. The summed E-state index contributed by atoms with van der Waals surface area (Å²) in [5.74, 6) is -0.390. The minimum atomic E-state index is -0.390. The van der Waals surface area contributed by atoms with Crippen LogP contribution in [0.1, 0.15) is 85.4 Å². The Labute approximate surface area is 211 Å². The van der Waals surface area contributed by atoms with E-state index in [1.807, 2.05) is 22.9 Å². The second-order valence-corrected chi connectivity index (χ2v) is 9.50. The molecule has 0 unspecified atom stereocenters. The Morgan fingerprint density at radius 3 is 2.22 bits per heavy atom. The number of aromatic nitrogens is 4. The standard InChI is InChI=1S/C30H32N4O2/c1-8-21-18(5)23-10-20-11-29(30(35)36-7)34(14-20)15-28-17(4)16(3)24(33-28)12-25-19(6)22(9-2)27(32-25)13-26(21)31-23/h10-15,31H,8-9H2,1-7H3. The third-order valence-corrected chi connectivity index (χ3v) is 7.51. The topological polar surface area (TPSA) is 72.3 Å². The number of methoxy groups -OCH3 is 1. The van der Waals surface area contributed by atoms with Gasteiger partial charge in [-0.2, -0.15) is 0 Å². The number of nitrogens with one attached hydrogen (secondary N) is 1. The van der Waals surface area contributed by atoms with Crippen LogP contribution in [0.5, 0.6) is 0 Å². The molecule has 6 nitrogen and oxygen atoms in total. The molecule has 0 saturated carbocycles. The van der Waals surface area contributed by atoms with Crippen molar-refractivity contribution in [3.8, 4) is 0 Å². The van der Waals surface area contributed by atoms with Gasteiger partial charge in [0.15, 0.2) is 0 Å². The van der Waals surface area contributed by atoms with Crippen LogP contribution in [0.3, 0.4) is 0 Å². The van der Waals surface area contributed by atoms with Crippen molar-refractivity contribution in [2.24, 2.45) is 0 Å². The van der Waals surface area contributed by atoms with Crippen molar-refractivity contribution < 1.29 is 9.53 Å². The second kappa shape index (κ2) is 8.94. The molecule has 2 aliphatic heterocycles. The lowest BCUT2D eigenvalue weighted by Crippen LogP contribution is -2.04. The van der Waals surface area contributed by atoms with Crippen molar-refractivity contribution in [3.63, 3.8) is 0 Å². The first kappa shape index (κ1) is 23.8. The van der Waals surface area contributed by atoms with Crippen molar-refractivity contribution in [2.75, 3.05) is 7.11 Å². The van der Waals surface area contributed by atoms with E-state index in [2.05, 4.69) is 64.7 Å². The molecule has 3 aromatic heterocycles. The van der Waals surface area contributed by atoms with Crippen molar-refractivity contribution in [1.82, 2.24) is 19.4 Å². The number of esters is 1. The molecule has 8 bridgehead atoms. The summed E-state index contributed by atoms with van der Waals surface area (Å²) in [5.41, 5.74) is 13.3. The smallest absolute Gasteiger partial charge is 0.355 e. The molecule has 0 radical (unpaired) electrons. The summed E-state index contributed by atoms with van der Waals surface area (Å²) in [6, 6.07) is 8.20. The van der Waals surface area contributed by atoms with Crippen LogP contribution in [-0.2, 0) is 11.2 Å². The van der Waals surface area contributed by atoms with Gasteiger partial charge in [-0.05, 0) is 104 Å². The van der Waals surface area contributed by atoms with E-state index in [0.29, 0.717) is 5.69 Å². The fourth-order valence-corrected chi connectivity index (χ4v) is 5.20. The number of ether oxygens (including phenoxy) is 1. The molecule has 1 N–H and O–H groups in total. The van der Waals surface area contributed by atoms with Crippen LogP contribution in [0, 0.1) is 6.92 Å². The molecular weight excluding hydrogens is 448 g/mol. The van der Waals surface area contributed by atoms with E-state index in [1.165, 1.54) is 29.4 Å². The highest BCUT2D eigenvalue weighted by molar-refractivity contribution is 5.95. The van der Waals surface area contributed by atoms with Crippen LogP contribution < -0.4 is 0 Å². The summed E-state index contributed by atoms with van der Waals surface area (Å²) in [7, 11) is 1.40. The predicted molar refractivity (Wildman–Crippen MR) is 146 cm³/mol. The maximum absolute atomic E-state index is 12.6. The van der Waals surface area contributed by atoms with Gasteiger partial charge in [0.05, 0.1) is 29.9 Å². The Kier molecular flexibility index (Phi) is 5.91. The van der Waals surface area contributed by atoms with E-state index in [4.69, 9.17) is 14.7 Å². The predicted octanol–water partition coefficient (Wildman–Crippen LogP) is 7.03. The Hall–Kier alpha value is -3.93. The van der Waals surface area contributed by atoms with Gasteiger partial charge in [-0.3, -0.25) is 0 Å². The molecule has 0 aromatic carbocycles. The molecule has 5 heterocycles. The number of aryl methyl sites for hydroxylation is 2. The molecule has 0 saturated heterocycles. The number of fused-ring (bicyclic) bond motifs is 8. The molecule has 6 heteroatoms. The number of hydrogen-bond donors (Lipinski definition) is 1. The molecule has 5 rings (SSSR count). The highest BCUT2D eigenvalue weighted by atomic mass is 16.5. The van der Waals surface area contributed by atoms with Crippen molar-refractivity contribution >= 4 is 44.7 Å². The molecule has 0 aliphatic carbocycles. The zero-order chi connectivity index (χ0) is 25.7. The van der Waals surface area contributed by atoms with E-state index in [0.717, 1.165) is 63.2 Å². The average Bonchev–Trinajstić information content (AvgIpc) is 3.55. The van der Waals surface area contributed by atoms with Crippen LogP contribution in [0.15, 0.2) is 36.7 Å². The zero-order valence-corrected chi connectivity index (χ0v) is 22.0. The molecule has 3 aromatic rings. The number of H-pyrrole nitrogens is 1. The highest BCUT2D eigenvalue weighted by Crippen LogP contribution is 2.35. The number of carbonyl (C=O) groups excluding carboxylic acids is 1. The highest BCUT2D eigenvalue weighted by Gasteiger charge is 2.19. The van der Waals surface area contributed by atoms with Gasteiger partial charge in [-0.15, -0.1) is 0 Å². The van der Waals surface area contributed by atoms with E-state index in [1.54, 1.807) is 0 Å². The molecule has 0 atom stereocenters. The largest absolute Gasteiger partial charge is 0.464 e. The summed E-state index contributed by atoms with van der Waals surface area (Å²) >= 11 is 0. The molecule has 0 fully saturated rings. The lowest BCUT2D eigenvalue weighted by Gasteiger charge is -2.00. The molecule has 0 amide bonds. The average molecular weight is 481 g/mol. The molecular formula is C30H32N4O2. The number of nitrogens with zero attached hydrogens (tertiary/aromatic N) is 3. The minimum Gasteiger partial charge on any atom is -0.464 e. The first-order valence-corrected chi connectivity index (χ1v) is 12.5. The summed E-state index contributed by atoms with van der Waals surface area (Å²) in [6.45, 7) is 12.8. The monoisotopic (exact) mass is 480 g/mol. The van der Waals surface area contributed by atoms with Gasteiger partial charge in [0.25, 0.3) is 0 Å². The van der Waals surface area contributed by atoms with Crippen molar-refractivity contribution in [2.45, 2.75) is 54.4 Å². The SMILES string of the molecule is CCC1=C(C)c2cc3nc(cn4cc(cc4C(=O)OC)cc4[nH]c(cc1n2)c(CC)c4C)C(C)=C3C. The van der Waals surface area contributed by atoms with Gasteiger partial charge in [-0.25, -0.2) is 14.8 Å². The van der Waals surface area contributed by atoms with Crippen LogP contribution in [0.2, 0.25) is 0 Å². The van der Waals surface area contributed by atoms with Crippen LogP contribution in [0.4, 0.5) is 0 Å². The number of carbonyl (C=O) groups is 1. The van der Waals surface area contributed by atoms with Gasteiger partial charge in [0, 0.05) is 23.4 Å². The zero-order valence-electron chi connectivity index (χ0n) is 22.0. The van der Waals surface area contributed by atoms with Crippen molar-refractivity contribution in [3.05, 3.63) is 76.3 Å². The summed E-state index contributed by atoms with van der Waals surface area (Å²) < 4.78 is 6.89. The molecule has 0 spiro atoms. The van der Waals surface area contributed by atoms with Gasteiger partial charge in [-0.1, -0.05) is 13.8 Å². The Morgan fingerprint density at radius 2 is 1.53 bits per heavy atom. The van der Waals surface area contributed by atoms with Crippen molar-refractivity contribution in [1.29, 1.82) is 0 Å². The fraction of sp³-hybridized carbons (Fsp3) is 0.300. The normalized spacial score (nSPS) is 13.5. The van der Waals surface area contributed by atoms with Gasteiger partial charge >= 0.3 is 5.97 Å². The number of aromatic amines is 1. The molecule has 2 aliphatic rings. The lowest BCUT2D eigenvalue weighted by molar-refractivity contribution is 0.0592. The van der Waals surface area contributed by atoms with E-state index >= 15 is 0 Å². The van der Waals surface area contributed by atoms with Gasteiger partial charge in [0.1, 0.15) is 5.69 Å². The molecule has 184 valence electrons. The number of hydrogen-bond acceptors (Lipinski definition) is 4. The first-order chi connectivity index (χ1) is 17.2. The number of allylic oxidation sites excluding steroid dienone is 4.